The van der Waals surface area contributed by atoms with Crippen molar-refractivity contribution in [1.82, 2.24) is 4.31 Å². The number of carbonyl (C=O) groups is 1. The van der Waals surface area contributed by atoms with Gasteiger partial charge in [0.2, 0.25) is 20.0 Å². The van der Waals surface area contributed by atoms with Crippen LogP contribution in [0.1, 0.15) is 22.0 Å². The average Bonchev–Trinajstić information content (AvgIpc) is 2.95. The van der Waals surface area contributed by atoms with Crippen LogP contribution in [0.2, 0.25) is 10.0 Å². The molecule has 0 aliphatic carbocycles. The fourth-order valence-electron chi connectivity index (χ4n) is 4.47. The minimum absolute atomic E-state index is 0.0466. The number of halogens is 2. The summed E-state index contributed by atoms with van der Waals surface area (Å²) in [6.45, 7) is 0.786. The molecule has 1 amide bonds. The largest absolute Gasteiger partial charge is 0.393 e. The van der Waals surface area contributed by atoms with Crippen LogP contribution in [-0.4, -0.2) is 83.4 Å². The minimum atomic E-state index is -3.82. The fourth-order valence-corrected chi connectivity index (χ4v) is 6.92. The second-order valence-corrected chi connectivity index (χ2v) is 14.5. The van der Waals surface area contributed by atoms with Crippen LogP contribution < -0.4 is 14.5 Å². The van der Waals surface area contributed by atoms with Crippen molar-refractivity contribution in [2.24, 2.45) is 0 Å². The van der Waals surface area contributed by atoms with E-state index in [0.29, 0.717) is 23.1 Å². The molecule has 3 aromatic rings. The standard InChI is InChI=1S/C27H30Cl2N4O7S2/c1-31(41(2,37)38)25-8-3-18(26(35)17-34)13-24(25)27(36)30-21-4-6-23(7-5-21)42(39,40)33-11-9-32(10-12-33)22-15-19(28)14-20(29)16-22/h3-8,13-16,26,34-35H,9-12,17H2,1-2H3,(H,30,36)/t26-/m1/s1. The van der Waals surface area contributed by atoms with E-state index in [1.54, 1.807) is 18.2 Å². The summed E-state index contributed by atoms with van der Waals surface area (Å²) >= 11 is 12.2. The number of nitrogens with one attached hydrogen (secondary N) is 1. The van der Waals surface area contributed by atoms with Crippen LogP contribution >= 0.6 is 23.2 Å². The first-order valence-electron chi connectivity index (χ1n) is 12.7. The van der Waals surface area contributed by atoms with Crippen molar-refractivity contribution in [1.29, 1.82) is 0 Å². The molecule has 1 heterocycles. The van der Waals surface area contributed by atoms with Gasteiger partial charge in [-0.15, -0.1) is 0 Å². The van der Waals surface area contributed by atoms with E-state index >= 15 is 0 Å². The molecule has 1 aliphatic rings. The van der Waals surface area contributed by atoms with Crippen molar-refractivity contribution < 1.29 is 31.8 Å². The van der Waals surface area contributed by atoms with Crippen LogP contribution in [0.4, 0.5) is 17.1 Å². The SMILES string of the molecule is CN(c1ccc([C@H](O)CO)cc1C(=O)Nc1ccc(S(=O)(=O)N2CCN(c3cc(Cl)cc(Cl)c3)CC2)cc1)S(C)(=O)=O. The Labute approximate surface area is 255 Å². The van der Waals surface area contributed by atoms with Crippen LogP contribution in [0.5, 0.6) is 0 Å². The van der Waals surface area contributed by atoms with Gasteiger partial charge in [0.25, 0.3) is 5.91 Å². The molecule has 0 unspecified atom stereocenters. The highest BCUT2D eigenvalue weighted by molar-refractivity contribution is 7.92. The molecular formula is C27H30Cl2N4O7S2. The van der Waals surface area contributed by atoms with Gasteiger partial charge in [0.05, 0.1) is 29.0 Å². The lowest BCUT2D eigenvalue weighted by molar-refractivity contribution is 0.0952. The number of piperazine rings is 1. The first kappa shape index (κ1) is 32.0. The first-order chi connectivity index (χ1) is 19.7. The Morgan fingerprint density at radius 3 is 2.10 bits per heavy atom. The Morgan fingerprint density at radius 1 is 0.952 bits per heavy atom. The number of hydrogen-bond acceptors (Lipinski definition) is 8. The summed E-state index contributed by atoms with van der Waals surface area (Å²) in [4.78, 5) is 15.3. The van der Waals surface area contributed by atoms with Crippen molar-refractivity contribution in [2.75, 3.05) is 60.6 Å². The quantitative estimate of drug-likeness (QED) is 0.318. The van der Waals surface area contributed by atoms with E-state index in [1.165, 1.54) is 53.8 Å². The number of amides is 1. The predicted octanol–water partition coefficient (Wildman–Crippen LogP) is 3.18. The van der Waals surface area contributed by atoms with Crippen LogP contribution in [0.25, 0.3) is 0 Å². The van der Waals surface area contributed by atoms with E-state index in [-0.39, 0.29) is 40.5 Å². The van der Waals surface area contributed by atoms with Gasteiger partial charge < -0.3 is 20.4 Å². The van der Waals surface area contributed by atoms with Gasteiger partial charge in [0, 0.05) is 54.6 Å². The number of aliphatic hydroxyl groups excluding tert-OH is 2. The second-order valence-electron chi connectivity index (χ2n) is 9.70. The number of carbonyl (C=O) groups excluding carboxylic acids is 1. The molecule has 11 nitrogen and oxygen atoms in total. The summed E-state index contributed by atoms with van der Waals surface area (Å²) in [6, 6.07) is 14.9. The first-order valence-corrected chi connectivity index (χ1v) is 16.7. The Hall–Kier alpha value is -2.91. The van der Waals surface area contributed by atoms with E-state index in [0.717, 1.165) is 16.2 Å². The summed E-state index contributed by atoms with van der Waals surface area (Å²) in [5.41, 5.74) is 1.29. The lowest BCUT2D eigenvalue weighted by Gasteiger charge is -2.35. The van der Waals surface area contributed by atoms with Gasteiger partial charge in [-0.05, 0) is 60.2 Å². The fraction of sp³-hybridized carbons (Fsp3) is 0.296. The van der Waals surface area contributed by atoms with Crippen molar-refractivity contribution >= 4 is 66.2 Å². The Balaban J connectivity index is 1.49. The smallest absolute Gasteiger partial charge is 0.257 e. The van der Waals surface area contributed by atoms with E-state index in [1.807, 2.05) is 4.90 Å². The normalized spacial score (nSPS) is 15.3. The Morgan fingerprint density at radius 2 is 1.55 bits per heavy atom. The predicted molar refractivity (Wildman–Crippen MR) is 164 cm³/mol. The third-order valence-corrected chi connectivity index (χ3v) is 10.4. The van der Waals surface area contributed by atoms with Gasteiger partial charge in [-0.1, -0.05) is 29.3 Å². The lowest BCUT2D eigenvalue weighted by Crippen LogP contribution is -2.48. The number of nitrogens with zero attached hydrogens (tertiary/aromatic N) is 3. The molecule has 1 aliphatic heterocycles. The van der Waals surface area contributed by atoms with Crippen molar-refractivity contribution in [3.8, 4) is 0 Å². The topological polar surface area (TPSA) is 148 Å². The maximum Gasteiger partial charge on any atom is 0.257 e. The van der Waals surface area contributed by atoms with E-state index in [4.69, 9.17) is 23.2 Å². The molecule has 1 atom stereocenters. The van der Waals surface area contributed by atoms with Crippen LogP contribution in [0.15, 0.2) is 65.6 Å². The van der Waals surface area contributed by atoms with Crippen molar-refractivity contribution in [3.05, 3.63) is 81.8 Å². The van der Waals surface area contributed by atoms with Gasteiger partial charge in [-0.2, -0.15) is 4.31 Å². The highest BCUT2D eigenvalue weighted by Crippen LogP contribution is 2.29. The van der Waals surface area contributed by atoms with Crippen LogP contribution in [-0.2, 0) is 20.0 Å². The molecule has 0 saturated carbocycles. The average molecular weight is 658 g/mol. The van der Waals surface area contributed by atoms with E-state index in [9.17, 15) is 31.8 Å². The molecule has 0 radical (unpaired) electrons. The molecule has 0 bridgehead atoms. The molecule has 226 valence electrons. The zero-order valence-corrected chi connectivity index (χ0v) is 25.9. The van der Waals surface area contributed by atoms with Crippen molar-refractivity contribution in [2.45, 2.75) is 11.0 Å². The summed E-state index contributed by atoms with van der Waals surface area (Å²) in [5.74, 6) is -0.694. The molecule has 4 rings (SSSR count). The van der Waals surface area contributed by atoms with Gasteiger partial charge in [-0.25, -0.2) is 16.8 Å². The zero-order chi connectivity index (χ0) is 30.8. The third-order valence-electron chi connectivity index (χ3n) is 6.86. The van der Waals surface area contributed by atoms with E-state index in [2.05, 4.69) is 5.32 Å². The molecule has 0 spiro atoms. The molecule has 42 heavy (non-hydrogen) atoms. The monoisotopic (exact) mass is 656 g/mol. The number of anilines is 3. The highest BCUT2D eigenvalue weighted by atomic mass is 35.5. The number of aliphatic hydroxyl groups is 2. The molecule has 1 fully saturated rings. The van der Waals surface area contributed by atoms with Gasteiger partial charge in [0.1, 0.15) is 6.10 Å². The molecule has 3 aromatic carbocycles. The number of rotatable bonds is 9. The lowest BCUT2D eigenvalue weighted by atomic mass is 10.0. The highest BCUT2D eigenvalue weighted by Gasteiger charge is 2.29. The molecule has 15 heteroatoms. The molecule has 1 saturated heterocycles. The summed E-state index contributed by atoms with van der Waals surface area (Å²) in [5, 5.41) is 23.0. The van der Waals surface area contributed by atoms with Crippen LogP contribution in [0, 0.1) is 0 Å². The summed E-state index contributed by atoms with van der Waals surface area (Å²) in [7, 11) is -6.26. The van der Waals surface area contributed by atoms with Gasteiger partial charge >= 0.3 is 0 Å². The Bertz CT molecular complexity index is 1660. The summed E-state index contributed by atoms with van der Waals surface area (Å²) in [6.07, 6.45) is -0.291. The second kappa shape index (κ2) is 12.8. The molecule has 0 aromatic heterocycles. The van der Waals surface area contributed by atoms with E-state index < -0.39 is 38.7 Å². The maximum absolute atomic E-state index is 13.3. The number of hydrogen-bond donors (Lipinski definition) is 3. The third kappa shape index (κ3) is 7.17. The Kier molecular flexibility index (Phi) is 9.72. The number of sulfonamides is 2. The maximum atomic E-state index is 13.3. The van der Waals surface area contributed by atoms with Crippen LogP contribution in [0.3, 0.4) is 0 Å². The van der Waals surface area contributed by atoms with Crippen molar-refractivity contribution in [3.63, 3.8) is 0 Å². The molecular weight excluding hydrogens is 627 g/mol. The zero-order valence-electron chi connectivity index (χ0n) is 22.7. The molecule has 3 N–H and O–H groups in total. The minimum Gasteiger partial charge on any atom is -0.393 e. The van der Waals surface area contributed by atoms with Gasteiger partial charge in [0.15, 0.2) is 0 Å². The number of benzene rings is 3. The van der Waals surface area contributed by atoms with Gasteiger partial charge in [-0.3, -0.25) is 9.10 Å². The summed E-state index contributed by atoms with van der Waals surface area (Å²) < 4.78 is 53.2.